The van der Waals surface area contributed by atoms with Gasteiger partial charge in [-0.15, -0.1) is 0 Å². The Morgan fingerprint density at radius 1 is 1.17 bits per heavy atom. The quantitative estimate of drug-likeness (QED) is 0.708. The summed E-state index contributed by atoms with van der Waals surface area (Å²) in [6.45, 7) is 0.0632. The Morgan fingerprint density at radius 3 is 2.35 bits per heavy atom. The molecule has 0 saturated carbocycles. The zero-order valence-corrected chi connectivity index (χ0v) is 11.9. The summed E-state index contributed by atoms with van der Waals surface area (Å²) in [6, 6.07) is 5.62. The summed E-state index contributed by atoms with van der Waals surface area (Å²) in [6.07, 6.45) is 1.46. The molecule has 0 bridgehead atoms. The van der Waals surface area contributed by atoms with Crippen molar-refractivity contribution in [3.63, 3.8) is 0 Å². The molecule has 2 aromatic rings. The molecular formula is C15H14F2N4O2. The van der Waals surface area contributed by atoms with Gasteiger partial charge in [0.05, 0.1) is 0 Å². The minimum absolute atomic E-state index is 0.0632. The molecule has 6 nitrogen and oxygen atoms in total. The minimum atomic E-state index is -1.50. The predicted molar refractivity (Wildman–Crippen MR) is 78.8 cm³/mol. The molecule has 0 aliphatic rings. The highest BCUT2D eigenvalue weighted by molar-refractivity contribution is 6.05. The van der Waals surface area contributed by atoms with Gasteiger partial charge in [0.1, 0.15) is 23.4 Å². The van der Waals surface area contributed by atoms with E-state index in [1.807, 2.05) is 0 Å². The van der Waals surface area contributed by atoms with Gasteiger partial charge in [0, 0.05) is 18.8 Å². The monoisotopic (exact) mass is 320 g/mol. The number of nitrogen functional groups attached to an aromatic ring is 1. The van der Waals surface area contributed by atoms with E-state index in [1.54, 1.807) is 12.1 Å². The van der Waals surface area contributed by atoms with Crippen molar-refractivity contribution in [2.24, 2.45) is 5.73 Å². The van der Waals surface area contributed by atoms with Crippen LogP contribution in [0.4, 0.5) is 14.6 Å². The van der Waals surface area contributed by atoms with Crippen molar-refractivity contribution >= 4 is 17.6 Å². The number of rotatable bonds is 5. The number of primary amides is 1. The molecule has 1 heterocycles. The average molecular weight is 320 g/mol. The number of benzene rings is 1. The van der Waals surface area contributed by atoms with E-state index in [1.165, 1.54) is 6.20 Å². The van der Waals surface area contributed by atoms with Gasteiger partial charge in [0.15, 0.2) is 0 Å². The van der Waals surface area contributed by atoms with Gasteiger partial charge in [-0.2, -0.15) is 0 Å². The Labute approximate surface area is 130 Å². The highest BCUT2D eigenvalue weighted by Gasteiger charge is 2.27. The van der Waals surface area contributed by atoms with Gasteiger partial charge >= 0.3 is 0 Å². The van der Waals surface area contributed by atoms with Crippen LogP contribution >= 0.6 is 0 Å². The van der Waals surface area contributed by atoms with Gasteiger partial charge in [-0.05, 0) is 29.3 Å². The first-order valence-electron chi connectivity index (χ1n) is 6.60. The summed E-state index contributed by atoms with van der Waals surface area (Å²) in [4.78, 5) is 27.5. The first kappa shape index (κ1) is 16.3. The summed E-state index contributed by atoms with van der Waals surface area (Å²) in [5.41, 5.74) is 11.1. The predicted octanol–water partition coefficient (Wildman–Crippen LogP) is 0.827. The van der Waals surface area contributed by atoms with Crippen molar-refractivity contribution in [1.82, 2.24) is 10.3 Å². The number of amides is 2. The van der Waals surface area contributed by atoms with E-state index in [-0.39, 0.29) is 12.1 Å². The van der Waals surface area contributed by atoms with Crippen LogP contribution in [0, 0.1) is 11.6 Å². The number of nitrogens with zero attached hydrogens (tertiary/aromatic N) is 1. The van der Waals surface area contributed by atoms with E-state index in [0.717, 1.165) is 12.1 Å². The maximum absolute atomic E-state index is 13.3. The van der Waals surface area contributed by atoms with Gasteiger partial charge in [-0.25, -0.2) is 13.8 Å². The summed E-state index contributed by atoms with van der Waals surface area (Å²) in [5, 5.41) is 2.47. The molecule has 0 saturated heterocycles. The molecule has 0 aliphatic heterocycles. The lowest BCUT2D eigenvalue weighted by atomic mass is 9.97. The number of anilines is 1. The Bertz CT molecular complexity index is 715. The fourth-order valence-electron chi connectivity index (χ4n) is 2.02. The van der Waals surface area contributed by atoms with Crippen LogP contribution in [-0.4, -0.2) is 16.8 Å². The maximum Gasteiger partial charge on any atom is 0.237 e. The molecule has 2 amide bonds. The fourth-order valence-corrected chi connectivity index (χ4v) is 2.02. The van der Waals surface area contributed by atoms with Crippen LogP contribution in [0.5, 0.6) is 0 Å². The van der Waals surface area contributed by atoms with Crippen LogP contribution in [0.25, 0.3) is 0 Å². The lowest BCUT2D eigenvalue weighted by Gasteiger charge is -2.14. The van der Waals surface area contributed by atoms with Gasteiger partial charge in [-0.1, -0.05) is 6.07 Å². The molecular weight excluding hydrogens is 306 g/mol. The molecule has 0 radical (unpaired) electrons. The lowest BCUT2D eigenvalue weighted by molar-refractivity contribution is -0.130. The summed E-state index contributed by atoms with van der Waals surface area (Å²) in [7, 11) is 0. The van der Waals surface area contributed by atoms with Crippen molar-refractivity contribution in [2.45, 2.75) is 12.5 Å². The highest BCUT2D eigenvalue weighted by atomic mass is 19.1. The molecule has 1 atom stereocenters. The van der Waals surface area contributed by atoms with E-state index >= 15 is 0 Å². The van der Waals surface area contributed by atoms with E-state index < -0.39 is 29.4 Å². The molecule has 1 aromatic carbocycles. The minimum Gasteiger partial charge on any atom is -0.384 e. The maximum atomic E-state index is 13.3. The van der Waals surface area contributed by atoms with Crippen molar-refractivity contribution in [1.29, 1.82) is 0 Å². The number of hydrogen-bond donors (Lipinski definition) is 3. The second-order valence-corrected chi connectivity index (χ2v) is 4.85. The van der Waals surface area contributed by atoms with Crippen LogP contribution in [0.2, 0.25) is 0 Å². The number of carbonyl (C=O) groups excluding carboxylic acids is 2. The Balaban J connectivity index is 2.15. The average Bonchev–Trinajstić information content (AvgIpc) is 2.45. The van der Waals surface area contributed by atoms with Crippen LogP contribution in [0.15, 0.2) is 36.5 Å². The number of halogens is 2. The second-order valence-electron chi connectivity index (χ2n) is 4.85. The normalized spacial score (nSPS) is 11.7. The van der Waals surface area contributed by atoms with Crippen molar-refractivity contribution < 1.29 is 18.4 Å². The van der Waals surface area contributed by atoms with E-state index in [9.17, 15) is 18.4 Å². The number of aromatic nitrogens is 1. The van der Waals surface area contributed by atoms with Gasteiger partial charge in [-0.3, -0.25) is 9.59 Å². The van der Waals surface area contributed by atoms with E-state index in [0.29, 0.717) is 17.4 Å². The number of nitrogens with one attached hydrogen (secondary N) is 1. The van der Waals surface area contributed by atoms with Crippen LogP contribution in [0.1, 0.15) is 17.0 Å². The molecule has 23 heavy (non-hydrogen) atoms. The van der Waals surface area contributed by atoms with Crippen molar-refractivity contribution in [3.8, 4) is 0 Å². The van der Waals surface area contributed by atoms with Gasteiger partial charge < -0.3 is 16.8 Å². The molecule has 2 rings (SSSR count). The number of hydrogen-bond acceptors (Lipinski definition) is 4. The van der Waals surface area contributed by atoms with Gasteiger partial charge in [0.2, 0.25) is 11.8 Å². The standard InChI is InChI=1S/C15H14F2N4O2/c16-10-3-9(4-11(17)5-10)13(14(19)22)15(23)21-7-8-1-2-12(18)20-6-8/h1-6,13H,7H2,(H2,18,20)(H2,19,22)(H,21,23)/t13-/m0/s1. The summed E-state index contributed by atoms with van der Waals surface area (Å²) >= 11 is 0. The van der Waals surface area contributed by atoms with E-state index in [4.69, 9.17) is 11.5 Å². The van der Waals surface area contributed by atoms with Crippen molar-refractivity contribution in [2.75, 3.05) is 5.73 Å². The number of carbonyl (C=O) groups is 2. The van der Waals surface area contributed by atoms with Gasteiger partial charge in [0.25, 0.3) is 0 Å². The van der Waals surface area contributed by atoms with Crippen molar-refractivity contribution in [3.05, 3.63) is 59.3 Å². The zero-order valence-electron chi connectivity index (χ0n) is 11.9. The Kier molecular flexibility index (Phi) is 4.85. The number of nitrogens with two attached hydrogens (primary N) is 2. The summed E-state index contributed by atoms with van der Waals surface area (Å²) < 4.78 is 26.5. The molecule has 1 aromatic heterocycles. The molecule has 120 valence electrons. The molecule has 0 fully saturated rings. The highest BCUT2D eigenvalue weighted by Crippen LogP contribution is 2.19. The SMILES string of the molecule is NC(=O)[C@@H](C(=O)NCc1ccc(N)nc1)c1cc(F)cc(F)c1. The van der Waals surface area contributed by atoms with Crippen LogP contribution < -0.4 is 16.8 Å². The first-order valence-corrected chi connectivity index (χ1v) is 6.60. The third-order valence-corrected chi connectivity index (χ3v) is 3.08. The smallest absolute Gasteiger partial charge is 0.237 e. The number of pyridine rings is 1. The third kappa shape index (κ3) is 4.22. The molecule has 8 heteroatoms. The summed E-state index contributed by atoms with van der Waals surface area (Å²) in [5.74, 6) is -4.75. The van der Waals surface area contributed by atoms with Crippen LogP contribution in [0.3, 0.4) is 0 Å². The second kappa shape index (κ2) is 6.82. The first-order chi connectivity index (χ1) is 10.9. The molecule has 5 N–H and O–H groups in total. The fraction of sp³-hybridized carbons (Fsp3) is 0.133. The molecule has 0 unspecified atom stereocenters. The molecule has 0 aliphatic carbocycles. The van der Waals surface area contributed by atoms with Crippen LogP contribution in [-0.2, 0) is 16.1 Å². The Hall–Kier alpha value is -3.03. The topological polar surface area (TPSA) is 111 Å². The lowest BCUT2D eigenvalue weighted by Crippen LogP contribution is -2.36. The Morgan fingerprint density at radius 2 is 1.83 bits per heavy atom. The molecule has 0 spiro atoms. The largest absolute Gasteiger partial charge is 0.384 e. The third-order valence-electron chi connectivity index (χ3n) is 3.08. The van der Waals surface area contributed by atoms with E-state index in [2.05, 4.69) is 10.3 Å². The zero-order chi connectivity index (χ0) is 17.0.